The van der Waals surface area contributed by atoms with E-state index >= 15 is 0 Å². The lowest BCUT2D eigenvalue weighted by Gasteiger charge is -2.18. The van der Waals surface area contributed by atoms with Gasteiger partial charge in [-0.3, -0.25) is 14.5 Å². The molecule has 0 fully saturated rings. The Bertz CT molecular complexity index is 1390. The third kappa shape index (κ3) is 5.99. The van der Waals surface area contributed by atoms with E-state index in [1.165, 1.54) is 24.3 Å². The number of nitrogens with zero attached hydrogens (tertiary/aromatic N) is 1. The summed E-state index contributed by atoms with van der Waals surface area (Å²) in [5, 5.41) is 19.5. The molecule has 0 radical (unpaired) electrons. The van der Waals surface area contributed by atoms with Crippen molar-refractivity contribution < 1.29 is 33.7 Å². The van der Waals surface area contributed by atoms with Crippen molar-refractivity contribution in [1.82, 2.24) is 4.90 Å². The number of carboxylic acid groups (broad SMARTS) is 1. The van der Waals surface area contributed by atoms with Gasteiger partial charge in [0.15, 0.2) is 5.75 Å². The second kappa shape index (κ2) is 11.2. The van der Waals surface area contributed by atoms with Crippen molar-refractivity contribution in [2.45, 2.75) is 6.92 Å². The summed E-state index contributed by atoms with van der Waals surface area (Å²) in [7, 11) is 0. The number of ketones is 1. The zero-order valence-corrected chi connectivity index (χ0v) is 20.3. The Balaban J connectivity index is 1.53. The number of carbonyl (C=O) groups excluding carboxylic acids is 1. The molecule has 36 heavy (non-hydrogen) atoms. The van der Waals surface area contributed by atoms with E-state index in [-0.39, 0.29) is 23.6 Å². The van der Waals surface area contributed by atoms with Crippen LogP contribution in [0.25, 0.3) is 10.1 Å². The van der Waals surface area contributed by atoms with Crippen LogP contribution in [0.1, 0.15) is 22.2 Å². The van der Waals surface area contributed by atoms with Gasteiger partial charge in [0.1, 0.15) is 34.5 Å². The highest BCUT2D eigenvalue weighted by molar-refractivity contribution is 7.21. The largest absolute Gasteiger partial charge is 0.508 e. The van der Waals surface area contributed by atoms with Crippen molar-refractivity contribution in [3.05, 3.63) is 83.0 Å². The third-order valence-corrected chi connectivity index (χ3v) is 6.58. The van der Waals surface area contributed by atoms with Gasteiger partial charge in [0, 0.05) is 22.2 Å². The van der Waals surface area contributed by atoms with E-state index in [0.717, 1.165) is 11.3 Å². The van der Waals surface area contributed by atoms with Crippen LogP contribution in [-0.4, -0.2) is 53.1 Å². The number of hydrogen-bond donors (Lipinski definition) is 2. The zero-order valence-electron chi connectivity index (χ0n) is 19.4. The number of carbonyl (C=O) groups is 2. The number of phenolic OH excluding ortho intramolecular Hbond substituents is 1. The molecule has 0 aliphatic carbocycles. The molecule has 1 heterocycles. The molecule has 0 aliphatic heterocycles. The first-order chi connectivity index (χ1) is 17.3. The number of carboxylic acids is 1. The molecule has 1 aromatic heterocycles. The summed E-state index contributed by atoms with van der Waals surface area (Å²) in [4.78, 5) is 26.2. The molecule has 4 aromatic rings. The molecule has 0 saturated heterocycles. The van der Waals surface area contributed by atoms with E-state index in [4.69, 9.17) is 14.6 Å². The number of fused-ring (bicyclic) bond motifs is 1. The summed E-state index contributed by atoms with van der Waals surface area (Å²) >= 11 is 1.16. The van der Waals surface area contributed by atoms with Crippen molar-refractivity contribution >= 4 is 33.2 Å². The van der Waals surface area contributed by atoms with Crippen LogP contribution in [0.15, 0.2) is 66.7 Å². The standard InChI is InChI=1S/C27H24FNO6S/c1-2-29(16-24(31)32)12-13-34-20-7-9-21(10-8-20)35-26-22-11-6-19(30)15-23(22)36-27(26)25(33)17-4-3-5-18(28)14-17/h3-11,14-15,30H,2,12-13,16H2,1H3,(H,31,32). The quantitative estimate of drug-likeness (QED) is 0.256. The van der Waals surface area contributed by atoms with Crippen LogP contribution in [0.3, 0.4) is 0 Å². The molecule has 0 amide bonds. The maximum absolute atomic E-state index is 13.7. The molecule has 9 heteroatoms. The highest BCUT2D eigenvalue weighted by atomic mass is 32.1. The number of benzene rings is 3. The van der Waals surface area contributed by atoms with Gasteiger partial charge in [-0.05, 0) is 61.1 Å². The Hall–Kier alpha value is -3.95. The topological polar surface area (TPSA) is 96.3 Å². The van der Waals surface area contributed by atoms with Gasteiger partial charge in [0.2, 0.25) is 5.78 Å². The number of ether oxygens (including phenoxy) is 2. The molecular weight excluding hydrogens is 485 g/mol. The Morgan fingerprint density at radius 2 is 1.78 bits per heavy atom. The third-order valence-electron chi connectivity index (χ3n) is 5.45. The number of phenols is 1. The summed E-state index contributed by atoms with van der Waals surface area (Å²) < 4.78 is 26.2. The van der Waals surface area contributed by atoms with Crippen molar-refractivity contribution in [3.8, 4) is 23.0 Å². The molecule has 3 aromatic carbocycles. The minimum absolute atomic E-state index is 0.0459. The molecule has 0 unspecified atom stereocenters. The van der Waals surface area contributed by atoms with Gasteiger partial charge in [-0.2, -0.15) is 0 Å². The summed E-state index contributed by atoms with van der Waals surface area (Å²) in [6.07, 6.45) is 0. The first-order valence-electron chi connectivity index (χ1n) is 11.2. The van der Waals surface area contributed by atoms with E-state index in [1.54, 1.807) is 47.4 Å². The fourth-order valence-electron chi connectivity index (χ4n) is 3.63. The van der Waals surface area contributed by atoms with E-state index in [9.17, 15) is 19.1 Å². The van der Waals surface area contributed by atoms with Gasteiger partial charge >= 0.3 is 5.97 Å². The van der Waals surface area contributed by atoms with Gasteiger partial charge in [0.25, 0.3) is 0 Å². The van der Waals surface area contributed by atoms with Gasteiger partial charge in [-0.25, -0.2) is 4.39 Å². The van der Waals surface area contributed by atoms with Gasteiger partial charge in [0.05, 0.1) is 6.54 Å². The van der Waals surface area contributed by atoms with Crippen LogP contribution in [0.4, 0.5) is 4.39 Å². The Kier molecular flexibility index (Phi) is 7.82. The number of likely N-dealkylation sites (N-methyl/N-ethyl adjacent to an activating group) is 1. The molecule has 0 atom stereocenters. The monoisotopic (exact) mass is 509 g/mol. The number of rotatable bonds is 11. The lowest BCUT2D eigenvalue weighted by molar-refractivity contribution is -0.138. The number of aliphatic carboxylic acids is 1. The first kappa shape index (κ1) is 25.2. The molecule has 0 bridgehead atoms. The van der Waals surface area contributed by atoms with E-state index in [1.807, 2.05) is 6.92 Å². The summed E-state index contributed by atoms with van der Waals surface area (Å²) in [6, 6.07) is 17.0. The van der Waals surface area contributed by atoms with Gasteiger partial charge < -0.3 is 19.7 Å². The van der Waals surface area contributed by atoms with Crippen LogP contribution < -0.4 is 9.47 Å². The maximum atomic E-state index is 13.7. The summed E-state index contributed by atoms with van der Waals surface area (Å²) in [5.41, 5.74) is 0.198. The minimum atomic E-state index is -0.884. The average molecular weight is 510 g/mol. The SMILES string of the molecule is CCN(CCOc1ccc(Oc2c(C(=O)c3cccc(F)c3)sc3cc(O)ccc23)cc1)CC(=O)O. The fraction of sp³-hybridized carbons (Fsp3) is 0.185. The minimum Gasteiger partial charge on any atom is -0.508 e. The zero-order chi connectivity index (χ0) is 25.7. The van der Waals surface area contributed by atoms with E-state index in [0.29, 0.717) is 51.9 Å². The Labute approximate surface area is 210 Å². The number of aromatic hydroxyl groups is 1. The van der Waals surface area contributed by atoms with Crippen LogP contribution in [0.5, 0.6) is 23.0 Å². The van der Waals surface area contributed by atoms with Crippen molar-refractivity contribution in [2.24, 2.45) is 0 Å². The predicted octanol–water partition coefficient (Wildman–Crippen LogP) is 5.55. The van der Waals surface area contributed by atoms with Gasteiger partial charge in [-0.15, -0.1) is 11.3 Å². The molecule has 7 nitrogen and oxygen atoms in total. The Morgan fingerprint density at radius 1 is 1.03 bits per heavy atom. The molecule has 0 saturated carbocycles. The van der Waals surface area contributed by atoms with Gasteiger partial charge in [-0.1, -0.05) is 19.1 Å². The Morgan fingerprint density at radius 3 is 2.47 bits per heavy atom. The normalized spacial score (nSPS) is 11.1. The van der Waals surface area contributed by atoms with Crippen LogP contribution in [0.2, 0.25) is 0 Å². The highest BCUT2D eigenvalue weighted by Gasteiger charge is 2.22. The molecule has 4 rings (SSSR count). The number of halogens is 1. The van der Waals surface area contributed by atoms with Crippen LogP contribution in [0, 0.1) is 5.82 Å². The van der Waals surface area contributed by atoms with Crippen LogP contribution >= 0.6 is 11.3 Å². The summed E-state index contributed by atoms with van der Waals surface area (Å²) in [6.45, 7) is 3.24. The second-order valence-electron chi connectivity index (χ2n) is 7.96. The lowest BCUT2D eigenvalue weighted by atomic mass is 10.1. The molecular formula is C27H24FNO6S. The molecule has 2 N–H and O–H groups in total. The van der Waals surface area contributed by atoms with Crippen molar-refractivity contribution in [3.63, 3.8) is 0 Å². The molecule has 0 spiro atoms. The van der Waals surface area contributed by atoms with E-state index < -0.39 is 11.8 Å². The highest BCUT2D eigenvalue weighted by Crippen LogP contribution is 2.42. The number of thiophene rings is 1. The second-order valence-corrected chi connectivity index (χ2v) is 9.02. The first-order valence-corrected chi connectivity index (χ1v) is 12.1. The van der Waals surface area contributed by atoms with Crippen molar-refractivity contribution in [2.75, 3.05) is 26.2 Å². The predicted molar refractivity (Wildman–Crippen MR) is 135 cm³/mol. The molecule has 186 valence electrons. The summed E-state index contributed by atoms with van der Waals surface area (Å²) in [5.74, 6) is -0.342. The maximum Gasteiger partial charge on any atom is 0.317 e. The average Bonchev–Trinajstić information content (AvgIpc) is 3.20. The van der Waals surface area contributed by atoms with E-state index in [2.05, 4.69) is 0 Å². The lowest BCUT2D eigenvalue weighted by Crippen LogP contribution is -2.33. The molecule has 0 aliphatic rings. The van der Waals surface area contributed by atoms with Crippen molar-refractivity contribution in [1.29, 1.82) is 0 Å². The fourth-order valence-corrected chi connectivity index (χ4v) is 4.75. The smallest absolute Gasteiger partial charge is 0.317 e. The van der Waals surface area contributed by atoms with Crippen LogP contribution in [-0.2, 0) is 4.79 Å². The number of hydrogen-bond acceptors (Lipinski definition) is 7.